The summed E-state index contributed by atoms with van der Waals surface area (Å²) < 4.78 is 0. The summed E-state index contributed by atoms with van der Waals surface area (Å²) in [5.74, 6) is -0.716. The number of nitrogens with one attached hydrogen (secondary N) is 3. The second-order valence-electron chi connectivity index (χ2n) is 5.71. The molecule has 0 fully saturated rings. The van der Waals surface area contributed by atoms with Crippen molar-refractivity contribution in [1.29, 1.82) is 0 Å². The molecule has 0 aliphatic rings. The summed E-state index contributed by atoms with van der Waals surface area (Å²) in [6.07, 6.45) is 0. The first-order chi connectivity index (χ1) is 12.0. The van der Waals surface area contributed by atoms with Crippen LogP contribution in [0.2, 0.25) is 0 Å². The van der Waals surface area contributed by atoms with Crippen molar-refractivity contribution < 1.29 is 14.4 Å². The molecule has 1 aromatic heterocycles. The van der Waals surface area contributed by atoms with E-state index in [4.69, 9.17) is 0 Å². The Hall–Kier alpha value is -2.67. The lowest BCUT2D eigenvalue weighted by Crippen LogP contribution is -2.36. The molecule has 3 N–H and O–H groups in total. The van der Waals surface area contributed by atoms with E-state index < -0.39 is 0 Å². The smallest absolute Gasteiger partial charge is 0.256 e. The molecule has 6 nitrogen and oxygen atoms in total. The molecule has 0 spiro atoms. The van der Waals surface area contributed by atoms with Crippen LogP contribution in [0.3, 0.4) is 0 Å². The lowest BCUT2D eigenvalue weighted by atomic mass is 10.1. The van der Waals surface area contributed by atoms with E-state index in [1.807, 2.05) is 5.38 Å². The van der Waals surface area contributed by atoms with E-state index >= 15 is 0 Å². The van der Waals surface area contributed by atoms with Gasteiger partial charge in [-0.05, 0) is 23.6 Å². The van der Waals surface area contributed by atoms with Gasteiger partial charge in [0.1, 0.15) is 0 Å². The molecular weight excluding hydrogens is 338 g/mol. The highest BCUT2D eigenvalue weighted by Gasteiger charge is 2.14. The second kappa shape index (κ2) is 8.98. The van der Waals surface area contributed by atoms with Crippen molar-refractivity contribution >= 4 is 34.7 Å². The normalized spacial score (nSPS) is 10.4. The number of para-hydroxylation sites is 1. The largest absolute Gasteiger partial charge is 0.354 e. The fraction of sp³-hybridized carbons (Fsp3) is 0.278. The summed E-state index contributed by atoms with van der Waals surface area (Å²) in [5, 5.41) is 11.8. The summed E-state index contributed by atoms with van der Waals surface area (Å²) >= 11 is 1.43. The first kappa shape index (κ1) is 18.7. The minimum Gasteiger partial charge on any atom is -0.354 e. The van der Waals surface area contributed by atoms with Crippen molar-refractivity contribution in [2.45, 2.75) is 13.8 Å². The van der Waals surface area contributed by atoms with E-state index in [1.165, 1.54) is 11.3 Å². The molecule has 0 atom stereocenters. The average molecular weight is 359 g/mol. The van der Waals surface area contributed by atoms with E-state index in [9.17, 15) is 14.4 Å². The maximum absolute atomic E-state index is 12.3. The van der Waals surface area contributed by atoms with Crippen molar-refractivity contribution in [3.05, 3.63) is 52.2 Å². The van der Waals surface area contributed by atoms with Gasteiger partial charge >= 0.3 is 0 Å². The van der Waals surface area contributed by atoms with Crippen LogP contribution in [0.15, 0.2) is 41.1 Å². The summed E-state index contributed by atoms with van der Waals surface area (Å²) in [6.45, 7) is 4.27. The number of benzene rings is 1. The van der Waals surface area contributed by atoms with E-state index in [-0.39, 0.29) is 23.6 Å². The van der Waals surface area contributed by atoms with Crippen LogP contribution >= 0.6 is 11.3 Å². The highest BCUT2D eigenvalue weighted by molar-refractivity contribution is 7.08. The fourth-order valence-corrected chi connectivity index (χ4v) is 2.68. The molecule has 0 radical (unpaired) electrons. The predicted molar refractivity (Wildman–Crippen MR) is 98.9 cm³/mol. The van der Waals surface area contributed by atoms with Gasteiger partial charge in [0.2, 0.25) is 5.91 Å². The van der Waals surface area contributed by atoms with Gasteiger partial charge in [-0.25, -0.2) is 0 Å². The summed E-state index contributed by atoms with van der Waals surface area (Å²) in [4.78, 5) is 36.0. The van der Waals surface area contributed by atoms with Crippen LogP contribution in [0.5, 0.6) is 0 Å². The molecule has 2 rings (SSSR count). The quantitative estimate of drug-likeness (QED) is 0.664. The number of carbonyl (C=O) groups excluding carboxylic acids is 3. The molecule has 3 amide bonds. The van der Waals surface area contributed by atoms with Crippen LogP contribution in [0, 0.1) is 5.92 Å². The molecule has 7 heteroatoms. The zero-order valence-electron chi connectivity index (χ0n) is 14.2. The van der Waals surface area contributed by atoms with Gasteiger partial charge in [0, 0.05) is 24.4 Å². The van der Waals surface area contributed by atoms with Crippen LogP contribution in [0.25, 0.3) is 0 Å². The SMILES string of the molecule is CC(C)C(=O)NCCNC(=O)c1ccccc1NC(=O)c1ccsc1. The minimum atomic E-state index is -0.306. The van der Waals surface area contributed by atoms with Gasteiger partial charge in [0.15, 0.2) is 0 Å². The third-order valence-corrected chi connectivity index (χ3v) is 4.12. The van der Waals surface area contributed by atoms with E-state index in [0.29, 0.717) is 29.9 Å². The van der Waals surface area contributed by atoms with E-state index in [1.54, 1.807) is 49.6 Å². The molecule has 0 unspecified atom stereocenters. The fourth-order valence-electron chi connectivity index (χ4n) is 2.04. The number of amides is 3. The van der Waals surface area contributed by atoms with Crippen LogP contribution in [-0.4, -0.2) is 30.8 Å². The number of rotatable bonds is 7. The third-order valence-electron chi connectivity index (χ3n) is 3.44. The number of carbonyl (C=O) groups is 3. The minimum absolute atomic E-state index is 0.0577. The standard InChI is InChI=1S/C18H21N3O3S/c1-12(2)16(22)19-8-9-20-18(24)14-5-3-4-6-15(14)21-17(23)13-7-10-25-11-13/h3-7,10-12H,8-9H2,1-2H3,(H,19,22)(H,20,24)(H,21,23). The van der Waals surface area contributed by atoms with Gasteiger partial charge in [-0.3, -0.25) is 14.4 Å². The van der Waals surface area contributed by atoms with Gasteiger partial charge in [-0.2, -0.15) is 11.3 Å². The molecule has 132 valence electrons. The number of anilines is 1. The summed E-state index contributed by atoms with van der Waals surface area (Å²) in [5.41, 5.74) is 1.38. The third kappa shape index (κ3) is 5.42. The molecule has 0 saturated heterocycles. The van der Waals surface area contributed by atoms with E-state index in [2.05, 4.69) is 16.0 Å². The lowest BCUT2D eigenvalue weighted by Gasteiger charge is -2.12. The van der Waals surface area contributed by atoms with Gasteiger partial charge < -0.3 is 16.0 Å². The monoisotopic (exact) mass is 359 g/mol. The Labute approximate surface area is 150 Å². The van der Waals surface area contributed by atoms with Crippen molar-refractivity contribution in [3.8, 4) is 0 Å². The maximum Gasteiger partial charge on any atom is 0.256 e. The molecule has 0 aliphatic heterocycles. The van der Waals surface area contributed by atoms with Crippen LogP contribution < -0.4 is 16.0 Å². The maximum atomic E-state index is 12.3. The summed E-state index contributed by atoms with van der Waals surface area (Å²) in [7, 11) is 0. The van der Waals surface area contributed by atoms with Gasteiger partial charge in [0.25, 0.3) is 11.8 Å². The van der Waals surface area contributed by atoms with Gasteiger partial charge in [0.05, 0.1) is 16.8 Å². The highest BCUT2D eigenvalue weighted by Crippen LogP contribution is 2.17. The lowest BCUT2D eigenvalue weighted by molar-refractivity contribution is -0.123. The molecule has 1 aromatic carbocycles. The number of hydrogen-bond donors (Lipinski definition) is 3. The number of thiophene rings is 1. The molecule has 0 saturated carbocycles. The van der Waals surface area contributed by atoms with Crippen LogP contribution in [0.1, 0.15) is 34.6 Å². The first-order valence-corrected chi connectivity index (χ1v) is 8.92. The van der Waals surface area contributed by atoms with Crippen molar-refractivity contribution in [1.82, 2.24) is 10.6 Å². The van der Waals surface area contributed by atoms with E-state index in [0.717, 1.165) is 0 Å². The average Bonchev–Trinajstić information content (AvgIpc) is 3.13. The Kier molecular flexibility index (Phi) is 6.71. The first-order valence-electron chi connectivity index (χ1n) is 7.97. The number of hydrogen-bond acceptors (Lipinski definition) is 4. The van der Waals surface area contributed by atoms with Crippen molar-refractivity contribution in [2.75, 3.05) is 18.4 Å². The topological polar surface area (TPSA) is 87.3 Å². The Balaban J connectivity index is 1.94. The van der Waals surface area contributed by atoms with Gasteiger partial charge in [-0.1, -0.05) is 26.0 Å². The second-order valence-corrected chi connectivity index (χ2v) is 6.49. The Bertz CT molecular complexity index is 742. The van der Waals surface area contributed by atoms with Gasteiger partial charge in [-0.15, -0.1) is 0 Å². The van der Waals surface area contributed by atoms with Crippen molar-refractivity contribution in [2.24, 2.45) is 5.92 Å². The summed E-state index contributed by atoms with van der Waals surface area (Å²) in [6, 6.07) is 8.53. The van der Waals surface area contributed by atoms with Crippen LogP contribution in [-0.2, 0) is 4.79 Å². The molecular formula is C18H21N3O3S. The molecule has 2 aromatic rings. The predicted octanol–water partition coefficient (Wildman–Crippen LogP) is 2.50. The molecule has 0 bridgehead atoms. The van der Waals surface area contributed by atoms with Crippen LogP contribution in [0.4, 0.5) is 5.69 Å². The highest BCUT2D eigenvalue weighted by atomic mass is 32.1. The Morgan fingerprint density at radius 2 is 1.72 bits per heavy atom. The Morgan fingerprint density at radius 1 is 1.00 bits per heavy atom. The zero-order valence-corrected chi connectivity index (χ0v) is 15.0. The molecule has 0 aliphatic carbocycles. The molecule has 1 heterocycles. The zero-order chi connectivity index (χ0) is 18.2. The Morgan fingerprint density at radius 3 is 2.40 bits per heavy atom. The van der Waals surface area contributed by atoms with Crippen molar-refractivity contribution in [3.63, 3.8) is 0 Å². The molecule has 25 heavy (non-hydrogen) atoms.